The molecule has 0 aromatic heterocycles. The molecule has 0 amide bonds. The first-order chi connectivity index (χ1) is 12.2. The molecule has 0 atom stereocenters. The van der Waals surface area contributed by atoms with Gasteiger partial charge in [-0.05, 0) is 38.0 Å². The number of hydrogen-bond acceptors (Lipinski definition) is 3. The number of aliphatic imine (C=N–C) groups is 1. The Hall–Kier alpha value is -2.19. The molecule has 0 radical (unpaired) electrons. The van der Waals surface area contributed by atoms with Crippen molar-refractivity contribution >= 4 is 11.6 Å². The number of terminal acetylenes is 1. The number of aryl methyl sites for hydroxylation is 1. The number of nitrogens with zero attached hydrogens (tertiary/aromatic N) is 3. The van der Waals surface area contributed by atoms with Crippen LogP contribution >= 0.6 is 0 Å². The van der Waals surface area contributed by atoms with Crippen LogP contribution in [0.5, 0.6) is 0 Å². The van der Waals surface area contributed by atoms with Crippen molar-refractivity contribution in [2.24, 2.45) is 4.99 Å². The van der Waals surface area contributed by atoms with Crippen molar-refractivity contribution in [2.75, 3.05) is 57.3 Å². The van der Waals surface area contributed by atoms with Crippen LogP contribution in [-0.4, -0.2) is 63.2 Å². The number of rotatable bonds is 6. The van der Waals surface area contributed by atoms with Gasteiger partial charge in [-0.3, -0.25) is 9.89 Å². The van der Waals surface area contributed by atoms with E-state index in [-0.39, 0.29) is 0 Å². The third-order valence-corrected chi connectivity index (χ3v) is 4.68. The molecule has 1 heterocycles. The van der Waals surface area contributed by atoms with Crippen LogP contribution in [0, 0.1) is 26.2 Å². The van der Waals surface area contributed by atoms with Gasteiger partial charge in [0.15, 0.2) is 5.96 Å². The topological polar surface area (TPSA) is 42.9 Å². The maximum atomic E-state index is 5.29. The molecule has 25 heavy (non-hydrogen) atoms. The quantitative estimate of drug-likeness (QED) is 0.469. The molecule has 1 fully saturated rings. The number of guanidine groups is 1. The van der Waals surface area contributed by atoms with Gasteiger partial charge in [-0.1, -0.05) is 18.1 Å². The highest BCUT2D eigenvalue weighted by Crippen LogP contribution is 2.23. The van der Waals surface area contributed by atoms with Gasteiger partial charge in [-0.2, -0.15) is 0 Å². The second-order valence-electron chi connectivity index (χ2n) is 6.37. The molecule has 5 nitrogen and oxygen atoms in total. The van der Waals surface area contributed by atoms with Crippen LogP contribution in [0.2, 0.25) is 0 Å². The van der Waals surface area contributed by atoms with E-state index < -0.39 is 0 Å². The smallest absolute Gasteiger partial charge is 0.192 e. The second kappa shape index (κ2) is 9.95. The zero-order valence-electron chi connectivity index (χ0n) is 15.8. The summed E-state index contributed by atoms with van der Waals surface area (Å²) < 4.78 is 0. The highest BCUT2D eigenvalue weighted by atomic mass is 15.3. The zero-order chi connectivity index (χ0) is 18.1. The van der Waals surface area contributed by atoms with Crippen LogP contribution in [0.1, 0.15) is 18.1 Å². The maximum Gasteiger partial charge on any atom is 0.192 e. The van der Waals surface area contributed by atoms with E-state index in [9.17, 15) is 0 Å². The van der Waals surface area contributed by atoms with Gasteiger partial charge in [0.25, 0.3) is 0 Å². The first-order valence-corrected chi connectivity index (χ1v) is 9.15. The van der Waals surface area contributed by atoms with Gasteiger partial charge >= 0.3 is 0 Å². The van der Waals surface area contributed by atoms with Crippen molar-refractivity contribution in [3.05, 3.63) is 29.3 Å². The number of piperazine rings is 1. The molecule has 136 valence electrons. The van der Waals surface area contributed by atoms with Gasteiger partial charge in [0.05, 0.1) is 13.1 Å². The third-order valence-electron chi connectivity index (χ3n) is 4.68. The molecule has 1 aromatic rings. The third kappa shape index (κ3) is 5.68. The lowest BCUT2D eigenvalue weighted by Crippen LogP contribution is -2.47. The predicted octanol–water partition coefficient (Wildman–Crippen LogP) is 1.61. The molecule has 5 heteroatoms. The fraction of sp³-hybridized carbons (Fsp3) is 0.550. The van der Waals surface area contributed by atoms with Crippen molar-refractivity contribution < 1.29 is 0 Å². The normalized spacial score (nSPS) is 15.8. The van der Waals surface area contributed by atoms with Crippen LogP contribution in [0.15, 0.2) is 23.2 Å². The highest BCUT2D eigenvalue weighted by molar-refractivity contribution is 5.79. The van der Waals surface area contributed by atoms with Crippen LogP contribution in [-0.2, 0) is 0 Å². The van der Waals surface area contributed by atoms with E-state index in [0.717, 1.165) is 51.8 Å². The van der Waals surface area contributed by atoms with E-state index in [2.05, 4.69) is 70.3 Å². The Morgan fingerprint density at radius 3 is 2.64 bits per heavy atom. The Balaban J connectivity index is 1.80. The second-order valence-corrected chi connectivity index (χ2v) is 6.37. The molecule has 2 rings (SSSR count). The van der Waals surface area contributed by atoms with E-state index in [1.807, 2.05) is 0 Å². The minimum absolute atomic E-state index is 0.500. The number of benzene rings is 1. The van der Waals surface area contributed by atoms with Crippen LogP contribution in [0.25, 0.3) is 0 Å². The molecule has 1 saturated heterocycles. The molecule has 1 aliphatic rings. The average molecular weight is 342 g/mol. The van der Waals surface area contributed by atoms with Crippen LogP contribution in [0.4, 0.5) is 5.69 Å². The largest absolute Gasteiger partial charge is 0.369 e. The molecule has 0 bridgehead atoms. The summed E-state index contributed by atoms with van der Waals surface area (Å²) in [6.07, 6.45) is 5.29. The monoisotopic (exact) mass is 341 g/mol. The number of anilines is 1. The van der Waals surface area contributed by atoms with E-state index >= 15 is 0 Å². The average Bonchev–Trinajstić information content (AvgIpc) is 2.63. The summed E-state index contributed by atoms with van der Waals surface area (Å²) in [5.74, 6) is 3.38. The van der Waals surface area contributed by atoms with Crippen molar-refractivity contribution in [1.82, 2.24) is 15.5 Å². The van der Waals surface area contributed by atoms with Gasteiger partial charge in [0.1, 0.15) is 0 Å². The van der Waals surface area contributed by atoms with E-state index in [4.69, 9.17) is 6.42 Å². The molecule has 0 saturated carbocycles. The molecular formula is C20H31N5. The Morgan fingerprint density at radius 1 is 1.20 bits per heavy atom. The van der Waals surface area contributed by atoms with Crippen LogP contribution in [0.3, 0.4) is 0 Å². The summed E-state index contributed by atoms with van der Waals surface area (Å²) in [5.41, 5.74) is 4.14. The highest BCUT2D eigenvalue weighted by Gasteiger charge is 2.18. The Morgan fingerprint density at radius 2 is 1.96 bits per heavy atom. The van der Waals surface area contributed by atoms with E-state index in [0.29, 0.717) is 6.54 Å². The summed E-state index contributed by atoms with van der Waals surface area (Å²) in [4.78, 5) is 9.57. The van der Waals surface area contributed by atoms with Gasteiger partial charge in [0, 0.05) is 45.0 Å². The molecule has 0 aliphatic carbocycles. The Kier molecular flexibility index (Phi) is 7.62. The summed E-state index contributed by atoms with van der Waals surface area (Å²) in [5, 5.41) is 6.34. The van der Waals surface area contributed by atoms with E-state index in [1.54, 1.807) is 0 Å². The fourth-order valence-corrected chi connectivity index (χ4v) is 3.07. The molecule has 1 aromatic carbocycles. The zero-order valence-corrected chi connectivity index (χ0v) is 15.8. The number of nitrogens with one attached hydrogen (secondary N) is 2. The van der Waals surface area contributed by atoms with Gasteiger partial charge in [-0.25, -0.2) is 0 Å². The minimum atomic E-state index is 0.500. The summed E-state index contributed by atoms with van der Waals surface area (Å²) in [6.45, 7) is 13.9. The summed E-state index contributed by atoms with van der Waals surface area (Å²) in [7, 11) is 0. The SMILES string of the molecule is C#CCNC(=NCCN1CCN(c2cccc(C)c2C)CC1)NCC. The van der Waals surface area contributed by atoms with Gasteiger partial charge in [-0.15, -0.1) is 6.42 Å². The first-order valence-electron chi connectivity index (χ1n) is 9.15. The standard InChI is InChI=1S/C20H31N5/c1-5-10-22-20(21-6-2)23-11-12-24-13-15-25(16-14-24)19-9-7-8-17(3)18(19)4/h1,7-9H,6,10-16H2,2-4H3,(H2,21,22,23). The minimum Gasteiger partial charge on any atom is -0.369 e. The lowest BCUT2D eigenvalue weighted by Gasteiger charge is -2.36. The Labute approximate surface area is 152 Å². The van der Waals surface area contributed by atoms with Crippen LogP contribution < -0.4 is 15.5 Å². The molecule has 0 spiro atoms. The first kappa shape index (κ1) is 19.1. The lowest BCUT2D eigenvalue weighted by atomic mass is 10.1. The predicted molar refractivity (Wildman–Crippen MR) is 107 cm³/mol. The van der Waals surface area contributed by atoms with Crippen molar-refractivity contribution in [3.63, 3.8) is 0 Å². The van der Waals surface area contributed by atoms with Crippen molar-refractivity contribution in [3.8, 4) is 12.3 Å². The molecular weight excluding hydrogens is 310 g/mol. The molecule has 2 N–H and O–H groups in total. The summed E-state index contributed by atoms with van der Waals surface area (Å²) in [6, 6.07) is 6.58. The van der Waals surface area contributed by atoms with Crippen molar-refractivity contribution in [2.45, 2.75) is 20.8 Å². The molecule has 1 aliphatic heterocycles. The fourth-order valence-electron chi connectivity index (χ4n) is 3.07. The van der Waals surface area contributed by atoms with E-state index in [1.165, 1.54) is 16.8 Å². The molecule has 0 unspecified atom stereocenters. The maximum absolute atomic E-state index is 5.29. The summed E-state index contributed by atoms with van der Waals surface area (Å²) >= 11 is 0. The lowest BCUT2D eigenvalue weighted by molar-refractivity contribution is 0.265. The number of hydrogen-bond donors (Lipinski definition) is 2. The van der Waals surface area contributed by atoms with Crippen molar-refractivity contribution in [1.29, 1.82) is 0 Å². The van der Waals surface area contributed by atoms with Gasteiger partial charge in [0.2, 0.25) is 0 Å². The van der Waals surface area contributed by atoms with Gasteiger partial charge < -0.3 is 15.5 Å². The Bertz CT molecular complexity index is 609.